The van der Waals surface area contributed by atoms with Gasteiger partial charge in [-0.15, -0.1) is 0 Å². The second-order valence-electron chi connectivity index (χ2n) is 5.29. The zero-order valence-electron chi connectivity index (χ0n) is 11.5. The highest BCUT2D eigenvalue weighted by Crippen LogP contribution is 2.28. The van der Waals surface area contributed by atoms with Crippen LogP contribution in [-0.2, 0) is 11.3 Å². The van der Waals surface area contributed by atoms with E-state index in [0.717, 1.165) is 24.6 Å². The number of non-ortho nitro benzene ring substituents is 1. The molecule has 1 fully saturated rings. The van der Waals surface area contributed by atoms with Crippen LogP contribution in [0.15, 0.2) is 18.2 Å². The van der Waals surface area contributed by atoms with Crippen molar-refractivity contribution < 1.29 is 9.66 Å². The van der Waals surface area contributed by atoms with E-state index in [4.69, 9.17) is 16.3 Å². The first-order chi connectivity index (χ1) is 9.56. The van der Waals surface area contributed by atoms with Crippen molar-refractivity contribution in [1.29, 1.82) is 0 Å². The average molecular weight is 299 g/mol. The van der Waals surface area contributed by atoms with Gasteiger partial charge in [-0.1, -0.05) is 11.6 Å². The number of nitro groups is 1. The number of benzene rings is 1. The summed E-state index contributed by atoms with van der Waals surface area (Å²) < 4.78 is 5.58. The quantitative estimate of drug-likeness (QED) is 0.420. The second kappa shape index (κ2) is 7.02. The second-order valence-corrected chi connectivity index (χ2v) is 5.70. The van der Waals surface area contributed by atoms with Crippen LogP contribution in [0.25, 0.3) is 0 Å². The van der Waals surface area contributed by atoms with E-state index in [1.807, 2.05) is 7.05 Å². The molecular weight excluding hydrogens is 280 g/mol. The molecule has 1 saturated carbocycles. The van der Waals surface area contributed by atoms with E-state index in [1.54, 1.807) is 6.07 Å². The van der Waals surface area contributed by atoms with Crippen molar-refractivity contribution >= 4 is 17.3 Å². The summed E-state index contributed by atoms with van der Waals surface area (Å²) in [7, 11) is 1.95. The summed E-state index contributed by atoms with van der Waals surface area (Å²) in [5, 5.41) is 11.3. The fraction of sp³-hybridized carbons (Fsp3) is 0.571. The lowest BCUT2D eigenvalue weighted by molar-refractivity contribution is -0.384. The van der Waals surface area contributed by atoms with Gasteiger partial charge in [-0.05, 0) is 37.4 Å². The van der Waals surface area contributed by atoms with E-state index >= 15 is 0 Å². The number of hydrogen-bond donors (Lipinski definition) is 0. The van der Waals surface area contributed by atoms with Gasteiger partial charge in [0.25, 0.3) is 5.69 Å². The molecular formula is C14H19ClN2O3. The fourth-order valence-corrected chi connectivity index (χ4v) is 2.10. The molecule has 0 N–H and O–H groups in total. The lowest BCUT2D eigenvalue weighted by Crippen LogP contribution is -2.23. The molecule has 0 amide bonds. The van der Waals surface area contributed by atoms with E-state index < -0.39 is 4.92 Å². The molecule has 0 aliphatic heterocycles. The number of rotatable bonds is 8. The van der Waals surface area contributed by atoms with Crippen molar-refractivity contribution in [2.45, 2.75) is 19.4 Å². The minimum atomic E-state index is -0.404. The Kier molecular flexibility index (Phi) is 5.34. The SMILES string of the molecule is CN(CCOCC1CC1)Cc1cc([N+](=O)[O-])ccc1Cl. The summed E-state index contributed by atoms with van der Waals surface area (Å²) >= 11 is 6.08. The van der Waals surface area contributed by atoms with E-state index in [0.29, 0.717) is 18.2 Å². The van der Waals surface area contributed by atoms with Crippen LogP contribution in [0.3, 0.4) is 0 Å². The topological polar surface area (TPSA) is 55.6 Å². The van der Waals surface area contributed by atoms with Crippen LogP contribution in [0, 0.1) is 16.0 Å². The summed E-state index contributed by atoms with van der Waals surface area (Å²) in [6, 6.07) is 4.53. The van der Waals surface area contributed by atoms with Crippen LogP contribution >= 0.6 is 11.6 Å². The maximum atomic E-state index is 10.8. The normalized spacial score (nSPS) is 14.8. The molecule has 0 heterocycles. The predicted molar refractivity (Wildman–Crippen MR) is 78.0 cm³/mol. The summed E-state index contributed by atoms with van der Waals surface area (Å²) in [5.41, 5.74) is 0.841. The third-order valence-electron chi connectivity index (χ3n) is 3.35. The number of likely N-dealkylation sites (N-methyl/N-ethyl adjacent to an activating group) is 1. The van der Waals surface area contributed by atoms with Gasteiger partial charge < -0.3 is 4.74 Å². The Morgan fingerprint density at radius 1 is 1.50 bits per heavy atom. The first-order valence-electron chi connectivity index (χ1n) is 6.75. The van der Waals surface area contributed by atoms with Gasteiger partial charge in [-0.3, -0.25) is 15.0 Å². The molecule has 1 aliphatic carbocycles. The molecule has 20 heavy (non-hydrogen) atoms. The van der Waals surface area contributed by atoms with Crippen LogP contribution in [-0.4, -0.2) is 36.6 Å². The van der Waals surface area contributed by atoms with Gasteiger partial charge in [0.05, 0.1) is 11.5 Å². The monoisotopic (exact) mass is 298 g/mol. The molecule has 1 aromatic rings. The summed E-state index contributed by atoms with van der Waals surface area (Å²) in [6.45, 7) is 2.89. The molecule has 0 bridgehead atoms. The molecule has 1 aliphatic rings. The van der Waals surface area contributed by atoms with Crippen LogP contribution in [0.1, 0.15) is 18.4 Å². The Labute approximate surface area is 123 Å². The fourth-order valence-electron chi connectivity index (χ4n) is 1.92. The molecule has 1 aromatic carbocycles. The molecule has 5 nitrogen and oxygen atoms in total. The molecule has 6 heteroatoms. The van der Waals surface area contributed by atoms with Crippen LogP contribution in [0.4, 0.5) is 5.69 Å². The van der Waals surface area contributed by atoms with E-state index in [2.05, 4.69) is 4.90 Å². The molecule has 0 atom stereocenters. The van der Waals surface area contributed by atoms with E-state index in [-0.39, 0.29) is 5.69 Å². The molecule has 2 rings (SSSR count). The Balaban J connectivity index is 1.81. The van der Waals surface area contributed by atoms with Crippen LogP contribution in [0.2, 0.25) is 5.02 Å². The van der Waals surface area contributed by atoms with Crippen molar-refractivity contribution in [2.75, 3.05) is 26.8 Å². The Morgan fingerprint density at radius 2 is 2.25 bits per heavy atom. The van der Waals surface area contributed by atoms with Crippen molar-refractivity contribution in [2.24, 2.45) is 5.92 Å². The van der Waals surface area contributed by atoms with Crippen LogP contribution in [0.5, 0.6) is 0 Å². The lowest BCUT2D eigenvalue weighted by atomic mass is 10.2. The Bertz CT molecular complexity index is 477. The maximum Gasteiger partial charge on any atom is 0.269 e. The van der Waals surface area contributed by atoms with Crippen molar-refractivity contribution in [3.63, 3.8) is 0 Å². The standard InChI is InChI=1S/C14H19ClN2O3/c1-16(6-7-20-10-11-2-3-11)9-12-8-13(17(18)19)4-5-14(12)15/h4-5,8,11H,2-3,6-7,9-10H2,1H3. The average Bonchev–Trinajstić information content (AvgIpc) is 3.21. The molecule has 0 spiro atoms. The lowest BCUT2D eigenvalue weighted by Gasteiger charge is -2.17. The van der Waals surface area contributed by atoms with Gasteiger partial charge in [0, 0.05) is 36.9 Å². The van der Waals surface area contributed by atoms with Crippen LogP contribution < -0.4 is 0 Å². The van der Waals surface area contributed by atoms with Gasteiger partial charge in [-0.25, -0.2) is 0 Å². The minimum absolute atomic E-state index is 0.0720. The largest absolute Gasteiger partial charge is 0.380 e. The highest BCUT2D eigenvalue weighted by atomic mass is 35.5. The molecule has 110 valence electrons. The zero-order chi connectivity index (χ0) is 14.5. The first kappa shape index (κ1) is 15.2. The smallest absolute Gasteiger partial charge is 0.269 e. The number of halogens is 1. The van der Waals surface area contributed by atoms with E-state index in [1.165, 1.54) is 25.0 Å². The van der Waals surface area contributed by atoms with Crippen molar-refractivity contribution in [3.05, 3.63) is 38.9 Å². The molecule has 0 aromatic heterocycles. The van der Waals surface area contributed by atoms with Gasteiger partial charge >= 0.3 is 0 Å². The third-order valence-corrected chi connectivity index (χ3v) is 3.72. The predicted octanol–water partition coefficient (Wildman–Crippen LogP) is 3.11. The number of ether oxygens (including phenoxy) is 1. The van der Waals surface area contributed by atoms with Gasteiger partial charge in [-0.2, -0.15) is 0 Å². The van der Waals surface area contributed by atoms with Gasteiger partial charge in [0.1, 0.15) is 0 Å². The summed E-state index contributed by atoms with van der Waals surface area (Å²) in [6.07, 6.45) is 2.58. The number of hydrogen-bond acceptors (Lipinski definition) is 4. The van der Waals surface area contributed by atoms with E-state index in [9.17, 15) is 10.1 Å². The summed E-state index contributed by atoms with van der Waals surface area (Å²) in [4.78, 5) is 12.4. The maximum absolute atomic E-state index is 10.8. The Morgan fingerprint density at radius 3 is 2.90 bits per heavy atom. The molecule has 0 unspecified atom stereocenters. The van der Waals surface area contributed by atoms with Crippen molar-refractivity contribution in [3.8, 4) is 0 Å². The highest BCUT2D eigenvalue weighted by molar-refractivity contribution is 6.31. The molecule has 0 saturated heterocycles. The minimum Gasteiger partial charge on any atom is -0.380 e. The number of nitro benzene ring substituents is 1. The van der Waals surface area contributed by atoms with Gasteiger partial charge in [0.2, 0.25) is 0 Å². The Hall–Kier alpha value is -1.17. The summed E-state index contributed by atoms with van der Waals surface area (Å²) in [5.74, 6) is 0.770. The third kappa shape index (κ3) is 4.74. The zero-order valence-corrected chi connectivity index (χ0v) is 12.3. The molecule has 0 radical (unpaired) electrons. The van der Waals surface area contributed by atoms with Gasteiger partial charge in [0.15, 0.2) is 0 Å². The number of nitrogens with zero attached hydrogens (tertiary/aromatic N) is 2. The first-order valence-corrected chi connectivity index (χ1v) is 7.13. The van der Waals surface area contributed by atoms with Crippen molar-refractivity contribution in [1.82, 2.24) is 4.90 Å². The highest BCUT2D eigenvalue weighted by Gasteiger charge is 2.21.